The van der Waals surface area contributed by atoms with Gasteiger partial charge in [-0.2, -0.15) is 0 Å². The lowest BCUT2D eigenvalue weighted by Gasteiger charge is -2.15. The summed E-state index contributed by atoms with van der Waals surface area (Å²) in [6, 6.07) is 14.7. The molecule has 0 unspecified atom stereocenters. The van der Waals surface area contributed by atoms with Crippen LogP contribution in [0, 0.1) is 0 Å². The Morgan fingerprint density at radius 1 is 1.13 bits per heavy atom. The first kappa shape index (κ1) is 16.8. The molecule has 0 radical (unpaired) electrons. The number of rotatable bonds is 7. The van der Waals surface area contributed by atoms with Crippen LogP contribution in [0.15, 0.2) is 54.6 Å². The first-order chi connectivity index (χ1) is 11.0. The van der Waals surface area contributed by atoms with E-state index in [4.69, 9.17) is 16.3 Å². The minimum absolute atomic E-state index is 0.207. The number of ether oxygens (including phenoxy) is 1. The second-order valence-electron chi connectivity index (χ2n) is 4.89. The molecule has 2 rings (SSSR count). The number of amides is 1. The van der Waals surface area contributed by atoms with Gasteiger partial charge in [0.25, 0.3) is 5.91 Å². The Bertz CT molecular complexity index is 675. The van der Waals surface area contributed by atoms with E-state index >= 15 is 0 Å². The summed E-state index contributed by atoms with van der Waals surface area (Å²) < 4.78 is 5.29. The zero-order chi connectivity index (χ0) is 16.7. The molecule has 6 heteroatoms. The number of halogens is 1. The fourth-order valence-electron chi connectivity index (χ4n) is 1.99. The molecule has 0 spiro atoms. The number of nitrogens with one attached hydrogen (secondary N) is 1. The molecule has 1 atom stereocenters. The maximum absolute atomic E-state index is 11.9. The Hall–Kier alpha value is -2.53. The van der Waals surface area contributed by atoms with Crippen LogP contribution in [0.5, 0.6) is 5.75 Å². The van der Waals surface area contributed by atoms with Gasteiger partial charge in [0.05, 0.1) is 0 Å². The number of carbonyl (C=O) groups excluding carboxylic acids is 1. The second kappa shape index (κ2) is 8.19. The summed E-state index contributed by atoms with van der Waals surface area (Å²) >= 11 is 5.82. The molecule has 1 amide bonds. The minimum atomic E-state index is -1.09. The van der Waals surface area contributed by atoms with Crippen molar-refractivity contribution in [3.05, 3.63) is 65.2 Å². The zero-order valence-corrected chi connectivity index (χ0v) is 13.0. The molecule has 5 nitrogen and oxygen atoms in total. The molecule has 0 fully saturated rings. The van der Waals surface area contributed by atoms with Crippen LogP contribution in [0.2, 0.25) is 5.02 Å². The number of aliphatic carboxylic acids is 1. The predicted molar refractivity (Wildman–Crippen MR) is 86.7 cm³/mol. The molecule has 2 aromatic carbocycles. The number of carboxylic acid groups (broad SMARTS) is 1. The van der Waals surface area contributed by atoms with Crippen LogP contribution in [0.3, 0.4) is 0 Å². The van der Waals surface area contributed by atoms with E-state index in [1.807, 2.05) is 30.3 Å². The summed E-state index contributed by atoms with van der Waals surface area (Å²) in [6.07, 6.45) is 0.207. The molecule has 0 aliphatic rings. The fraction of sp³-hybridized carbons (Fsp3) is 0.176. The molecule has 0 saturated heterocycles. The highest BCUT2D eigenvalue weighted by atomic mass is 35.5. The number of benzene rings is 2. The third kappa shape index (κ3) is 5.64. The van der Waals surface area contributed by atoms with Gasteiger partial charge in [0.15, 0.2) is 6.61 Å². The fourth-order valence-corrected chi connectivity index (χ4v) is 2.17. The Balaban J connectivity index is 1.89. The maximum Gasteiger partial charge on any atom is 0.326 e. The second-order valence-corrected chi connectivity index (χ2v) is 5.33. The van der Waals surface area contributed by atoms with E-state index in [9.17, 15) is 14.7 Å². The Labute approximate surface area is 138 Å². The molecule has 0 aliphatic carbocycles. The van der Waals surface area contributed by atoms with Gasteiger partial charge < -0.3 is 15.2 Å². The van der Waals surface area contributed by atoms with Crippen LogP contribution in [0.4, 0.5) is 0 Å². The van der Waals surface area contributed by atoms with Crippen molar-refractivity contribution in [2.24, 2.45) is 0 Å². The van der Waals surface area contributed by atoms with Crippen molar-refractivity contribution in [2.45, 2.75) is 12.5 Å². The van der Waals surface area contributed by atoms with Crippen molar-refractivity contribution in [1.29, 1.82) is 0 Å². The Morgan fingerprint density at radius 3 is 2.52 bits per heavy atom. The summed E-state index contributed by atoms with van der Waals surface area (Å²) in [5.74, 6) is -1.15. The van der Waals surface area contributed by atoms with E-state index in [0.717, 1.165) is 5.56 Å². The lowest BCUT2D eigenvalue weighted by Crippen LogP contribution is -2.44. The normalized spacial score (nSPS) is 11.5. The number of carbonyl (C=O) groups is 2. The van der Waals surface area contributed by atoms with Gasteiger partial charge in [-0.3, -0.25) is 4.79 Å². The van der Waals surface area contributed by atoms with Gasteiger partial charge in [-0.1, -0.05) is 48.0 Å². The molecule has 120 valence electrons. The van der Waals surface area contributed by atoms with E-state index in [1.54, 1.807) is 24.3 Å². The first-order valence-electron chi connectivity index (χ1n) is 6.99. The van der Waals surface area contributed by atoms with Crippen LogP contribution >= 0.6 is 11.6 Å². The quantitative estimate of drug-likeness (QED) is 0.816. The third-order valence-electron chi connectivity index (χ3n) is 3.08. The highest BCUT2D eigenvalue weighted by Gasteiger charge is 2.20. The summed E-state index contributed by atoms with van der Waals surface area (Å²) in [5.41, 5.74) is 0.830. The summed E-state index contributed by atoms with van der Waals surface area (Å²) in [6.45, 7) is -0.279. The van der Waals surface area contributed by atoms with E-state index in [1.165, 1.54) is 0 Å². The van der Waals surface area contributed by atoms with Gasteiger partial charge in [-0.05, 0) is 23.8 Å². The van der Waals surface area contributed by atoms with Gasteiger partial charge in [-0.25, -0.2) is 4.79 Å². The summed E-state index contributed by atoms with van der Waals surface area (Å²) in [4.78, 5) is 23.2. The topological polar surface area (TPSA) is 75.6 Å². The maximum atomic E-state index is 11.9. The number of carboxylic acids is 1. The van der Waals surface area contributed by atoms with E-state index in [-0.39, 0.29) is 13.0 Å². The molecule has 2 N–H and O–H groups in total. The van der Waals surface area contributed by atoms with Crippen molar-refractivity contribution in [1.82, 2.24) is 5.32 Å². The van der Waals surface area contributed by atoms with Crippen molar-refractivity contribution >= 4 is 23.5 Å². The van der Waals surface area contributed by atoms with Crippen LogP contribution in [0.1, 0.15) is 5.56 Å². The average Bonchev–Trinajstić information content (AvgIpc) is 2.53. The minimum Gasteiger partial charge on any atom is -0.484 e. The van der Waals surface area contributed by atoms with Gasteiger partial charge >= 0.3 is 5.97 Å². The lowest BCUT2D eigenvalue weighted by atomic mass is 10.1. The summed E-state index contributed by atoms with van der Waals surface area (Å²) in [5, 5.41) is 12.2. The van der Waals surface area contributed by atoms with Gasteiger partial charge in [-0.15, -0.1) is 0 Å². The van der Waals surface area contributed by atoms with E-state index in [0.29, 0.717) is 10.8 Å². The number of hydrogen-bond donors (Lipinski definition) is 2. The van der Waals surface area contributed by atoms with Crippen molar-refractivity contribution in [2.75, 3.05) is 6.61 Å². The van der Waals surface area contributed by atoms with Crippen molar-refractivity contribution in [3.8, 4) is 5.75 Å². The average molecular weight is 334 g/mol. The Morgan fingerprint density at radius 2 is 1.87 bits per heavy atom. The highest BCUT2D eigenvalue weighted by molar-refractivity contribution is 6.30. The first-order valence-corrected chi connectivity index (χ1v) is 7.37. The summed E-state index contributed by atoms with van der Waals surface area (Å²) in [7, 11) is 0. The predicted octanol–water partition coefficient (Wildman–Crippen LogP) is 2.53. The van der Waals surface area contributed by atoms with Crippen molar-refractivity contribution < 1.29 is 19.4 Å². The van der Waals surface area contributed by atoms with Crippen LogP contribution < -0.4 is 10.1 Å². The van der Waals surface area contributed by atoms with Crippen molar-refractivity contribution in [3.63, 3.8) is 0 Å². The molecule has 2 aromatic rings. The Kier molecular flexibility index (Phi) is 6.00. The molecular weight excluding hydrogens is 318 g/mol. The van der Waals surface area contributed by atoms with Gasteiger partial charge in [0.1, 0.15) is 11.8 Å². The molecule has 0 bridgehead atoms. The van der Waals surface area contributed by atoms with E-state index in [2.05, 4.69) is 5.32 Å². The van der Waals surface area contributed by atoms with Crippen LogP contribution in [-0.4, -0.2) is 29.6 Å². The molecule has 0 aliphatic heterocycles. The van der Waals surface area contributed by atoms with E-state index < -0.39 is 17.9 Å². The number of hydrogen-bond acceptors (Lipinski definition) is 3. The molecular formula is C17H16ClNO4. The third-order valence-corrected chi connectivity index (χ3v) is 3.32. The van der Waals surface area contributed by atoms with Gasteiger partial charge in [0.2, 0.25) is 0 Å². The standard InChI is InChI=1S/C17H16ClNO4/c18-13-7-4-8-14(10-13)23-11-16(20)19-15(17(21)22)9-12-5-2-1-3-6-12/h1-8,10,15H,9,11H2,(H,19,20)(H,21,22)/t15-/m0/s1. The smallest absolute Gasteiger partial charge is 0.326 e. The molecule has 0 saturated carbocycles. The SMILES string of the molecule is O=C(COc1cccc(Cl)c1)N[C@@H](Cc1ccccc1)C(=O)O. The highest BCUT2D eigenvalue weighted by Crippen LogP contribution is 2.16. The lowest BCUT2D eigenvalue weighted by molar-refractivity contribution is -0.142. The monoisotopic (exact) mass is 333 g/mol. The molecule has 0 heterocycles. The van der Waals surface area contributed by atoms with Crippen LogP contribution in [-0.2, 0) is 16.0 Å². The van der Waals surface area contributed by atoms with Gasteiger partial charge in [0, 0.05) is 11.4 Å². The largest absolute Gasteiger partial charge is 0.484 e. The molecule has 23 heavy (non-hydrogen) atoms. The van der Waals surface area contributed by atoms with Crippen LogP contribution in [0.25, 0.3) is 0 Å². The zero-order valence-electron chi connectivity index (χ0n) is 12.2. The molecule has 0 aromatic heterocycles.